The molecule has 0 aliphatic carbocycles. The van der Waals surface area contributed by atoms with Gasteiger partial charge in [0, 0.05) is 10.6 Å². The SMILES string of the molecule is O=C1O/C(=C\Oc2ccc(Cl)cc2Cl)c2ccccc21. The van der Waals surface area contributed by atoms with Crippen LogP contribution in [0.15, 0.2) is 48.7 Å². The number of rotatable bonds is 2. The van der Waals surface area contributed by atoms with E-state index in [1.165, 1.54) is 6.26 Å². The number of fused-ring (bicyclic) bond motifs is 1. The van der Waals surface area contributed by atoms with Crippen molar-refractivity contribution in [2.45, 2.75) is 0 Å². The van der Waals surface area contributed by atoms with Gasteiger partial charge in [0.2, 0.25) is 0 Å². The number of ether oxygens (including phenoxy) is 2. The Bertz CT molecular complexity index is 723. The van der Waals surface area contributed by atoms with Crippen molar-refractivity contribution >= 4 is 34.9 Å². The molecule has 3 nitrogen and oxygen atoms in total. The van der Waals surface area contributed by atoms with Gasteiger partial charge in [-0.15, -0.1) is 0 Å². The molecular formula is C15H8Cl2O3. The maximum atomic E-state index is 11.6. The van der Waals surface area contributed by atoms with Crippen LogP contribution in [0.25, 0.3) is 5.76 Å². The van der Waals surface area contributed by atoms with Crippen molar-refractivity contribution in [1.82, 2.24) is 0 Å². The number of benzene rings is 2. The third kappa shape index (κ3) is 2.38. The lowest BCUT2D eigenvalue weighted by Crippen LogP contribution is -1.92. The summed E-state index contributed by atoms with van der Waals surface area (Å²) in [5.74, 6) is 0.401. The van der Waals surface area contributed by atoms with Crippen LogP contribution >= 0.6 is 23.2 Å². The van der Waals surface area contributed by atoms with E-state index in [-0.39, 0.29) is 0 Å². The summed E-state index contributed by atoms with van der Waals surface area (Å²) in [5, 5.41) is 0.902. The fourth-order valence-corrected chi connectivity index (χ4v) is 2.31. The molecular weight excluding hydrogens is 299 g/mol. The van der Waals surface area contributed by atoms with Crippen LogP contribution in [0.3, 0.4) is 0 Å². The summed E-state index contributed by atoms with van der Waals surface area (Å²) in [5.41, 5.74) is 1.21. The molecule has 3 rings (SSSR count). The van der Waals surface area contributed by atoms with E-state index < -0.39 is 5.97 Å². The standard InChI is InChI=1S/C15H8Cl2O3/c16-9-5-6-13(12(17)7-9)19-8-14-10-3-1-2-4-11(10)15(18)20-14/h1-8H/b14-8-. The number of cyclic esters (lactones) is 1. The Hall–Kier alpha value is -1.97. The first-order valence-electron chi connectivity index (χ1n) is 5.78. The Kier molecular flexibility index (Phi) is 3.38. The highest BCUT2D eigenvalue weighted by atomic mass is 35.5. The summed E-state index contributed by atoms with van der Waals surface area (Å²) in [6.45, 7) is 0. The van der Waals surface area contributed by atoms with Crippen molar-refractivity contribution in [3.8, 4) is 5.75 Å². The van der Waals surface area contributed by atoms with E-state index in [1.807, 2.05) is 6.07 Å². The van der Waals surface area contributed by atoms with E-state index in [0.29, 0.717) is 32.7 Å². The highest BCUT2D eigenvalue weighted by molar-refractivity contribution is 6.35. The number of carbonyl (C=O) groups excluding carboxylic acids is 1. The van der Waals surface area contributed by atoms with Gasteiger partial charge < -0.3 is 9.47 Å². The largest absolute Gasteiger partial charge is 0.460 e. The van der Waals surface area contributed by atoms with Crippen molar-refractivity contribution < 1.29 is 14.3 Å². The Labute approximate surface area is 125 Å². The van der Waals surface area contributed by atoms with Gasteiger partial charge in [0.1, 0.15) is 12.0 Å². The summed E-state index contributed by atoms with van der Waals surface area (Å²) < 4.78 is 10.6. The van der Waals surface area contributed by atoms with E-state index in [4.69, 9.17) is 32.7 Å². The van der Waals surface area contributed by atoms with E-state index in [1.54, 1.807) is 36.4 Å². The predicted molar refractivity (Wildman–Crippen MR) is 76.9 cm³/mol. The molecule has 1 heterocycles. The molecule has 5 heteroatoms. The lowest BCUT2D eigenvalue weighted by molar-refractivity contribution is 0.0712. The van der Waals surface area contributed by atoms with Gasteiger partial charge in [-0.1, -0.05) is 41.4 Å². The normalized spacial score (nSPS) is 15.1. The highest BCUT2D eigenvalue weighted by Crippen LogP contribution is 2.32. The van der Waals surface area contributed by atoms with Crippen LogP contribution < -0.4 is 4.74 Å². The zero-order chi connectivity index (χ0) is 14.1. The van der Waals surface area contributed by atoms with Crippen molar-refractivity contribution in [2.24, 2.45) is 0 Å². The third-order valence-electron chi connectivity index (χ3n) is 2.80. The Morgan fingerprint density at radius 1 is 1.05 bits per heavy atom. The van der Waals surface area contributed by atoms with Crippen LogP contribution in [0.5, 0.6) is 5.75 Å². The number of hydrogen-bond donors (Lipinski definition) is 0. The first kappa shape index (κ1) is 13.0. The molecule has 0 amide bonds. The maximum Gasteiger partial charge on any atom is 0.344 e. The monoisotopic (exact) mass is 306 g/mol. The fraction of sp³-hybridized carbons (Fsp3) is 0. The van der Waals surface area contributed by atoms with Crippen LogP contribution in [0.4, 0.5) is 0 Å². The maximum absolute atomic E-state index is 11.6. The van der Waals surface area contributed by atoms with E-state index in [0.717, 1.165) is 0 Å². The molecule has 0 atom stereocenters. The van der Waals surface area contributed by atoms with Gasteiger partial charge in [-0.05, 0) is 24.3 Å². The second-order valence-electron chi connectivity index (χ2n) is 4.11. The summed E-state index contributed by atoms with van der Waals surface area (Å²) in [7, 11) is 0. The van der Waals surface area contributed by atoms with E-state index in [9.17, 15) is 4.79 Å². The quantitative estimate of drug-likeness (QED) is 0.603. The first-order chi connectivity index (χ1) is 9.65. The van der Waals surface area contributed by atoms with Gasteiger partial charge in [0.05, 0.1) is 10.6 Å². The number of esters is 1. The molecule has 100 valence electrons. The van der Waals surface area contributed by atoms with Crippen LogP contribution in [0.1, 0.15) is 15.9 Å². The van der Waals surface area contributed by atoms with Crippen LogP contribution in [-0.2, 0) is 4.74 Å². The molecule has 0 saturated heterocycles. The first-order valence-corrected chi connectivity index (χ1v) is 6.54. The van der Waals surface area contributed by atoms with Crippen LogP contribution in [-0.4, -0.2) is 5.97 Å². The molecule has 0 unspecified atom stereocenters. The molecule has 0 spiro atoms. The molecule has 1 aliphatic heterocycles. The van der Waals surface area contributed by atoms with Crippen molar-refractivity contribution in [2.75, 3.05) is 0 Å². The second kappa shape index (κ2) is 5.19. The third-order valence-corrected chi connectivity index (χ3v) is 3.33. The van der Waals surface area contributed by atoms with Crippen LogP contribution in [0.2, 0.25) is 10.0 Å². The fourth-order valence-electron chi connectivity index (χ4n) is 1.86. The molecule has 0 radical (unpaired) electrons. The van der Waals surface area contributed by atoms with Gasteiger partial charge >= 0.3 is 5.97 Å². The topological polar surface area (TPSA) is 35.5 Å². The van der Waals surface area contributed by atoms with Gasteiger partial charge in [-0.2, -0.15) is 0 Å². The molecule has 2 aromatic rings. The summed E-state index contributed by atoms with van der Waals surface area (Å²) in [6, 6.07) is 12.0. The molecule has 0 N–H and O–H groups in total. The molecule has 0 fully saturated rings. The molecule has 0 bridgehead atoms. The predicted octanol–water partition coefficient (Wildman–Crippen LogP) is 4.54. The molecule has 1 aliphatic rings. The summed E-state index contributed by atoms with van der Waals surface area (Å²) >= 11 is 11.8. The zero-order valence-electron chi connectivity index (χ0n) is 10.1. The molecule has 20 heavy (non-hydrogen) atoms. The Balaban J connectivity index is 1.89. The highest BCUT2D eigenvalue weighted by Gasteiger charge is 2.26. The Morgan fingerprint density at radius 2 is 1.80 bits per heavy atom. The second-order valence-corrected chi connectivity index (χ2v) is 4.95. The minimum absolute atomic E-state index is 0.358. The van der Waals surface area contributed by atoms with Gasteiger partial charge in [-0.3, -0.25) is 0 Å². The van der Waals surface area contributed by atoms with Crippen molar-refractivity contribution in [3.63, 3.8) is 0 Å². The number of halogens is 2. The van der Waals surface area contributed by atoms with Crippen LogP contribution in [0, 0.1) is 0 Å². The van der Waals surface area contributed by atoms with E-state index in [2.05, 4.69) is 0 Å². The minimum atomic E-state index is -0.391. The summed E-state index contributed by atoms with van der Waals surface area (Å²) in [6.07, 6.45) is 1.36. The van der Waals surface area contributed by atoms with Gasteiger partial charge in [-0.25, -0.2) is 4.79 Å². The van der Waals surface area contributed by atoms with Gasteiger partial charge in [0.25, 0.3) is 0 Å². The lowest BCUT2D eigenvalue weighted by atomic mass is 10.1. The minimum Gasteiger partial charge on any atom is -0.460 e. The molecule has 0 saturated carbocycles. The number of hydrogen-bond acceptors (Lipinski definition) is 3. The zero-order valence-corrected chi connectivity index (χ0v) is 11.6. The smallest absolute Gasteiger partial charge is 0.344 e. The molecule has 0 aromatic heterocycles. The molecule has 2 aromatic carbocycles. The summed E-state index contributed by atoms with van der Waals surface area (Å²) in [4.78, 5) is 11.6. The van der Waals surface area contributed by atoms with E-state index >= 15 is 0 Å². The number of carbonyl (C=O) groups is 1. The van der Waals surface area contributed by atoms with Crippen molar-refractivity contribution in [3.05, 3.63) is 69.9 Å². The average molecular weight is 307 g/mol. The van der Waals surface area contributed by atoms with Crippen molar-refractivity contribution in [1.29, 1.82) is 0 Å². The Morgan fingerprint density at radius 3 is 2.55 bits per heavy atom. The average Bonchev–Trinajstić information content (AvgIpc) is 2.75. The lowest BCUT2D eigenvalue weighted by Gasteiger charge is -2.04. The van der Waals surface area contributed by atoms with Gasteiger partial charge in [0.15, 0.2) is 5.76 Å².